The molecular formula is C14H18N4S. The molecule has 0 saturated heterocycles. The van der Waals surface area contributed by atoms with Gasteiger partial charge < -0.3 is 11.1 Å². The Morgan fingerprint density at radius 2 is 1.68 bits per heavy atom. The number of nitrogens with zero attached hydrogens (tertiary/aromatic N) is 2. The van der Waals surface area contributed by atoms with Crippen molar-refractivity contribution in [3.05, 3.63) is 10.4 Å². The van der Waals surface area contributed by atoms with E-state index in [1.54, 1.807) is 0 Å². The van der Waals surface area contributed by atoms with E-state index < -0.39 is 0 Å². The first-order valence-electron chi connectivity index (χ1n) is 6.75. The molecule has 0 amide bonds. The SMILES string of the molecule is N#Cc1sc(NC2CCCCCCC2)c(C#N)c1N. The van der Waals surface area contributed by atoms with Crippen molar-refractivity contribution in [3.63, 3.8) is 0 Å². The number of nitrogen functional groups attached to an aromatic ring is 1. The first kappa shape index (κ1) is 13.7. The van der Waals surface area contributed by atoms with E-state index in [1.165, 1.54) is 43.4 Å². The Balaban J connectivity index is 2.14. The maximum Gasteiger partial charge on any atom is 0.131 e. The van der Waals surface area contributed by atoms with Crippen LogP contribution in [0.25, 0.3) is 0 Å². The van der Waals surface area contributed by atoms with E-state index in [4.69, 9.17) is 16.3 Å². The Morgan fingerprint density at radius 3 is 2.26 bits per heavy atom. The van der Waals surface area contributed by atoms with E-state index in [-0.39, 0.29) is 0 Å². The van der Waals surface area contributed by atoms with Crippen LogP contribution in [0, 0.1) is 22.7 Å². The Labute approximate surface area is 117 Å². The van der Waals surface area contributed by atoms with Crippen molar-refractivity contribution in [1.82, 2.24) is 0 Å². The predicted molar refractivity (Wildman–Crippen MR) is 77.9 cm³/mol. The fraction of sp³-hybridized carbons (Fsp3) is 0.571. The van der Waals surface area contributed by atoms with Gasteiger partial charge in [0, 0.05) is 6.04 Å². The number of anilines is 2. The highest BCUT2D eigenvalue weighted by Gasteiger charge is 2.19. The van der Waals surface area contributed by atoms with Crippen LogP contribution in [0.1, 0.15) is 55.4 Å². The average molecular weight is 274 g/mol. The summed E-state index contributed by atoms with van der Waals surface area (Å²) in [6.45, 7) is 0. The number of nitrogens with one attached hydrogen (secondary N) is 1. The van der Waals surface area contributed by atoms with Crippen molar-refractivity contribution < 1.29 is 0 Å². The zero-order valence-corrected chi connectivity index (χ0v) is 11.7. The molecule has 1 saturated carbocycles. The number of nitriles is 2. The summed E-state index contributed by atoms with van der Waals surface area (Å²) in [6, 6.07) is 4.56. The summed E-state index contributed by atoms with van der Waals surface area (Å²) >= 11 is 1.30. The van der Waals surface area contributed by atoms with Gasteiger partial charge >= 0.3 is 0 Å². The Bertz CT molecular complexity index is 513. The smallest absolute Gasteiger partial charge is 0.131 e. The molecule has 1 heterocycles. The van der Waals surface area contributed by atoms with Gasteiger partial charge in [0.15, 0.2) is 0 Å². The summed E-state index contributed by atoms with van der Waals surface area (Å²) in [6.07, 6.45) is 8.63. The van der Waals surface area contributed by atoms with Crippen LogP contribution in [-0.2, 0) is 0 Å². The highest BCUT2D eigenvalue weighted by molar-refractivity contribution is 7.17. The molecule has 1 fully saturated rings. The Morgan fingerprint density at radius 1 is 1.05 bits per heavy atom. The number of rotatable bonds is 2. The summed E-state index contributed by atoms with van der Waals surface area (Å²) < 4.78 is 0. The average Bonchev–Trinajstić information content (AvgIpc) is 2.68. The van der Waals surface area contributed by atoms with Crippen molar-refractivity contribution >= 4 is 22.0 Å². The lowest BCUT2D eigenvalue weighted by Crippen LogP contribution is -2.20. The van der Waals surface area contributed by atoms with Gasteiger partial charge in [-0.1, -0.05) is 32.1 Å². The minimum Gasteiger partial charge on any atom is -0.396 e. The number of hydrogen-bond donors (Lipinski definition) is 2. The quantitative estimate of drug-likeness (QED) is 0.862. The van der Waals surface area contributed by atoms with Crippen LogP contribution in [0.4, 0.5) is 10.7 Å². The maximum atomic E-state index is 9.17. The van der Waals surface area contributed by atoms with Crippen LogP contribution in [0.5, 0.6) is 0 Å². The second kappa shape index (κ2) is 6.45. The molecule has 0 atom stereocenters. The standard InChI is InChI=1S/C14H18N4S/c15-8-11-13(17)12(9-16)19-14(11)18-10-6-4-2-1-3-5-7-10/h10,18H,1-7,17H2. The van der Waals surface area contributed by atoms with Gasteiger partial charge in [0.1, 0.15) is 27.6 Å². The first-order valence-corrected chi connectivity index (χ1v) is 7.57. The monoisotopic (exact) mass is 274 g/mol. The van der Waals surface area contributed by atoms with Gasteiger partial charge in [-0.2, -0.15) is 10.5 Å². The third kappa shape index (κ3) is 3.19. The maximum absolute atomic E-state index is 9.17. The lowest BCUT2D eigenvalue weighted by atomic mass is 9.97. The summed E-state index contributed by atoms with van der Waals surface area (Å²) in [5, 5.41) is 22.3. The number of thiophene rings is 1. The van der Waals surface area contributed by atoms with E-state index in [0.717, 1.165) is 17.8 Å². The molecule has 1 aromatic rings. The minimum absolute atomic E-state index is 0.323. The van der Waals surface area contributed by atoms with Crippen molar-refractivity contribution in [3.8, 4) is 12.1 Å². The van der Waals surface area contributed by atoms with Crippen LogP contribution in [0.3, 0.4) is 0 Å². The normalized spacial score (nSPS) is 16.9. The van der Waals surface area contributed by atoms with Crippen LogP contribution < -0.4 is 11.1 Å². The van der Waals surface area contributed by atoms with E-state index in [2.05, 4.69) is 17.5 Å². The molecule has 0 aliphatic heterocycles. The van der Waals surface area contributed by atoms with Gasteiger partial charge in [-0.15, -0.1) is 11.3 Å². The molecule has 4 nitrogen and oxygen atoms in total. The fourth-order valence-corrected chi connectivity index (χ4v) is 3.47. The second-order valence-corrected chi connectivity index (χ2v) is 5.98. The van der Waals surface area contributed by atoms with Gasteiger partial charge in [-0.3, -0.25) is 0 Å². The first-order chi connectivity index (χ1) is 9.26. The van der Waals surface area contributed by atoms with Crippen LogP contribution in [-0.4, -0.2) is 6.04 Å². The Hall–Kier alpha value is -1.72. The van der Waals surface area contributed by atoms with E-state index in [0.29, 0.717) is 22.2 Å². The summed E-state index contributed by atoms with van der Waals surface area (Å²) in [7, 11) is 0. The highest BCUT2D eigenvalue weighted by Crippen LogP contribution is 2.35. The summed E-state index contributed by atoms with van der Waals surface area (Å²) in [4.78, 5) is 0.435. The van der Waals surface area contributed by atoms with Gasteiger partial charge in [0.05, 0.1) is 5.69 Å². The van der Waals surface area contributed by atoms with Crippen LogP contribution >= 0.6 is 11.3 Å². The largest absolute Gasteiger partial charge is 0.396 e. The lowest BCUT2D eigenvalue weighted by molar-refractivity contribution is 0.472. The summed E-state index contributed by atoms with van der Waals surface area (Å²) in [5.74, 6) is 0. The molecule has 0 unspecified atom stereocenters. The molecule has 3 N–H and O–H groups in total. The van der Waals surface area contributed by atoms with Crippen molar-refractivity contribution in [2.24, 2.45) is 0 Å². The van der Waals surface area contributed by atoms with E-state index in [1.807, 2.05) is 0 Å². The third-order valence-corrected chi connectivity index (χ3v) is 4.64. The molecule has 0 spiro atoms. The topological polar surface area (TPSA) is 85.6 Å². The molecule has 2 rings (SSSR count). The number of hydrogen-bond acceptors (Lipinski definition) is 5. The Kier molecular flexibility index (Phi) is 4.65. The van der Waals surface area contributed by atoms with E-state index in [9.17, 15) is 0 Å². The van der Waals surface area contributed by atoms with Crippen LogP contribution in [0.15, 0.2) is 0 Å². The van der Waals surface area contributed by atoms with Crippen molar-refractivity contribution in [1.29, 1.82) is 10.5 Å². The molecule has 0 aromatic carbocycles. The highest BCUT2D eigenvalue weighted by atomic mass is 32.1. The zero-order valence-electron chi connectivity index (χ0n) is 10.9. The van der Waals surface area contributed by atoms with Gasteiger partial charge in [-0.05, 0) is 12.8 Å². The molecule has 1 aliphatic rings. The van der Waals surface area contributed by atoms with Gasteiger partial charge in [0.25, 0.3) is 0 Å². The van der Waals surface area contributed by atoms with Crippen LogP contribution in [0.2, 0.25) is 0 Å². The van der Waals surface area contributed by atoms with Crippen molar-refractivity contribution in [2.75, 3.05) is 11.1 Å². The minimum atomic E-state index is 0.323. The third-order valence-electron chi connectivity index (χ3n) is 3.60. The second-order valence-electron chi connectivity index (χ2n) is 4.96. The van der Waals surface area contributed by atoms with Gasteiger partial charge in [0.2, 0.25) is 0 Å². The van der Waals surface area contributed by atoms with E-state index >= 15 is 0 Å². The molecular weight excluding hydrogens is 256 g/mol. The molecule has 19 heavy (non-hydrogen) atoms. The number of nitrogens with two attached hydrogens (primary N) is 1. The predicted octanol–water partition coefficient (Wildman–Crippen LogP) is 3.60. The summed E-state index contributed by atoms with van der Waals surface area (Å²) in [5.41, 5.74) is 6.57. The van der Waals surface area contributed by atoms with Crippen molar-refractivity contribution in [2.45, 2.75) is 51.0 Å². The van der Waals surface area contributed by atoms with Gasteiger partial charge in [-0.25, -0.2) is 0 Å². The zero-order chi connectivity index (χ0) is 13.7. The molecule has 5 heteroatoms. The molecule has 100 valence electrons. The lowest BCUT2D eigenvalue weighted by Gasteiger charge is -2.21. The molecule has 1 aliphatic carbocycles. The fourth-order valence-electron chi connectivity index (χ4n) is 2.53. The molecule has 0 radical (unpaired) electrons. The molecule has 0 bridgehead atoms. The molecule has 1 aromatic heterocycles.